The van der Waals surface area contributed by atoms with E-state index in [9.17, 15) is 14.4 Å². The molecule has 24 heavy (non-hydrogen) atoms. The van der Waals surface area contributed by atoms with Crippen molar-refractivity contribution in [2.24, 2.45) is 11.8 Å². The van der Waals surface area contributed by atoms with E-state index >= 15 is 0 Å². The third-order valence-electron chi connectivity index (χ3n) is 4.66. The number of hydrogen-bond acceptors (Lipinski definition) is 4. The summed E-state index contributed by atoms with van der Waals surface area (Å²) < 4.78 is 5.22. The summed E-state index contributed by atoms with van der Waals surface area (Å²) in [6, 6.07) is 7.74. The van der Waals surface area contributed by atoms with Crippen molar-refractivity contribution in [3.63, 3.8) is 0 Å². The number of esters is 1. The molecule has 0 radical (unpaired) electrons. The molecule has 5 nitrogen and oxygen atoms in total. The molecule has 0 spiro atoms. The second-order valence-electron chi connectivity index (χ2n) is 6.38. The number of amides is 2. The molecule has 1 fully saturated rings. The van der Waals surface area contributed by atoms with Crippen LogP contribution >= 0.6 is 0 Å². The number of likely N-dealkylation sites (tertiary alicyclic amines) is 1. The fourth-order valence-corrected chi connectivity index (χ4v) is 3.21. The van der Waals surface area contributed by atoms with Crippen molar-refractivity contribution in [2.75, 3.05) is 6.54 Å². The predicted octanol–water partition coefficient (Wildman–Crippen LogP) is 2.38. The van der Waals surface area contributed by atoms with Gasteiger partial charge in [0.15, 0.2) is 0 Å². The lowest BCUT2D eigenvalue weighted by Crippen LogP contribution is -2.33. The number of nitrogens with zero attached hydrogens (tertiary/aromatic N) is 1. The van der Waals surface area contributed by atoms with E-state index in [0.29, 0.717) is 12.8 Å². The zero-order valence-electron chi connectivity index (χ0n) is 13.7. The summed E-state index contributed by atoms with van der Waals surface area (Å²) >= 11 is 0. The SMILES string of the molecule is Cc1ccc(COC(=O)CCN2C(=O)[C@@H]3CC=CC[C@H]3C2=O)cc1. The number of allylic oxidation sites excluding steroid dienone is 2. The molecule has 1 aromatic rings. The van der Waals surface area contributed by atoms with Crippen molar-refractivity contribution in [1.29, 1.82) is 0 Å². The zero-order valence-corrected chi connectivity index (χ0v) is 13.7. The number of aryl methyl sites for hydroxylation is 1. The van der Waals surface area contributed by atoms with Crippen LogP contribution in [0.1, 0.15) is 30.4 Å². The number of fused-ring (bicyclic) bond motifs is 1. The Kier molecular flexibility index (Phi) is 4.79. The van der Waals surface area contributed by atoms with Gasteiger partial charge in [0.2, 0.25) is 11.8 Å². The van der Waals surface area contributed by atoms with E-state index in [4.69, 9.17) is 4.74 Å². The molecule has 0 N–H and O–H groups in total. The maximum Gasteiger partial charge on any atom is 0.307 e. The molecule has 0 aromatic heterocycles. The monoisotopic (exact) mass is 327 g/mol. The Bertz CT molecular complexity index is 651. The van der Waals surface area contributed by atoms with Crippen LogP contribution in [-0.2, 0) is 25.7 Å². The van der Waals surface area contributed by atoms with Crippen LogP contribution in [0.25, 0.3) is 0 Å². The molecule has 2 amide bonds. The second kappa shape index (κ2) is 6.99. The maximum absolute atomic E-state index is 12.3. The van der Waals surface area contributed by atoms with Crippen LogP contribution in [0, 0.1) is 18.8 Å². The molecule has 1 aliphatic carbocycles. The fraction of sp³-hybridized carbons (Fsp3) is 0.421. The minimum absolute atomic E-state index is 0.0379. The summed E-state index contributed by atoms with van der Waals surface area (Å²) in [4.78, 5) is 37.7. The number of carbonyl (C=O) groups excluding carboxylic acids is 3. The highest BCUT2D eigenvalue weighted by molar-refractivity contribution is 6.05. The van der Waals surface area contributed by atoms with E-state index in [0.717, 1.165) is 11.1 Å². The van der Waals surface area contributed by atoms with Crippen LogP contribution in [-0.4, -0.2) is 29.2 Å². The molecule has 1 aliphatic heterocycles. The summed E-state index contributed by atoms with van der Waals surface area (Å²) in [7, 11) is 0. The third kappa shape index (κ3) is 3.40. The summed E-state index contributed by atoms with van der Waals surface area (Å²) in [5, 5.41) is 0. The van der Waals surface area contributed by atoms with Crippen LogP contribution in [0.5, 0.6) is 0 Å². The summed E-state index contributed by atoms with van der Waals surface area (Å²) in [6.07, 6.45) is 5.17. The van der Waals surface area contributed by atoms with Crippen molar-refractivity contribution in [3.05, 3.63) is 47.5 Å². The molecule has 0 saturated carbocycles. The number of imide groups is 1. The van der Waals surface area contributed by atoms with Gasteiger partial charge < -0.3 is 4.74 Å². The maximum atomic E-state index is 12.3. The first-order valence-corrected chi connectivity index (χ1v) is 8.27. The topological polar surface area (TPSA) is 63.7 Å². The molecule has 1 aromatic carbocycles. The van der Waals surface area contributed by atoms with Gasteiger partial charge >= 0.3 is 5.97 Å². The lowest BCUT2D eigenvalue weighted by molar-refractivity contribution is -0.146. The Morgan fingerprint density at radius 3 is 2.25 bits per heavy atom. The number of carbonyl (C=O) groups is 3. The Morgan fingerprint density at radius 1 is 1.08 bits per heavy atom. The first-order chi connectivity index (χ1) is 11.6. The van der Waals surface area contributed by atoms with Gasteiger partial charge in [-0.05, 0) is 25.3 Å². The first kappa shape index (κ1) is 16.4. The van der Waals surface area contributed by atoms with E-state index in [-0.39, 0.29) is 43.2 Å². The molecular formula is C19H21NO4. The van der Waals surface area contributed by atoms with Crippen molar-refractivity contribution >= 4 is 17.8 Å². The number of rotatable bonds is 5. The molecular weight excluding hydrogens is 306 g/mol. The standard InChI is InChI=1S/C19H21NO4/c1-13-6-8-14(9-7-13)12-24-17(21)10-11-20-18(22)15-4-2-3-5-16(15)19(20)23/h2-3,6-9,15-16H,4-5,10-12H2,1H3/t15-,16-/m1/s1. The van der Waals surface area contributed by atoms with E-state index in [2.05, 4.69) is 0 Å². The molecule has 1 saturated heterocycles. The van der Waals surface area contributed by atoms with Gasteiger partial charge in [0.25, 0.3) is 0 Å². The van der Waals surface area contributed by atoms with Gasteiger partial charge in [-0.15, -0.1) is 0 Å². The zero-order chi connectivity index (χ0) is 17.1. The van der Waals surface area contributed by atoms with Crippen molar-refractivity contribution < 1.29 is 19.1 Å². The number of ether oxygens (including phenoxy) is 1. The van der Waals surface area contributed by atoms with E-state index < -0.39 is 5.97 Å². The molecule has 2 aliphatic rings. The molecule has 0 bridgehead atoms. The molecule has 0 unspecified atom stereocenters. The Balaban J connectivity index is 1.48. The lowest BCUT2D eigenvalue weighted by atomic mass is 9.85. The van der Waals surface area contributed by atoms with Crippen LogP contribution in [0.15, 0.2) is 36.4 Å². The quantitative estimate of drug-likeness (QED) is 0.473. The highest BCUT2D eigenvalue weighted by atomic mass is 16.5. The number of benzene rings is 1. The largest absolute Gasteiger partial charge is 0.461 e. The van der Waals surface area contributed by atoms with Gasteiger partial charge in [-0.1, -0.05) is 42.0 Å². The van der Waals surface area contributed by atoms with Crippen LogP contribution in [0.4, 0.5) is 0 Å². The van der Waals surface area contributed by atoms with E-state index in [1.54, 1.807) is 0 Å². The van der Waals surface area contributed by atoms with Gasteiger partial charge in [-0.25, -0.2) is 0 Å². The highest BCUT2D eigenvalue weighted by Crippen LogP contribution is 2.34. The average molecular weight is 327 g/mol. The fourth-order valence-electron chi connectivity index (χ4n) is 3.21. The van der Waals surface area contributed by atoms with Gasteiger partial charge in [0, 0.05) is 6.54 Å². The van der Waals surface area contributed by atoms with Crippen LogP contribution in [0.2, 0.25) is 0 Å². The van der Waals surface area contributed by atoms with Crippen molar-refractivity contribution in [2.45, 2.75) is 32.8 Å². The smallest absolute Gasteiger partial charge is 0.307 e. The molecule has 5 heteroatoms. The highest BCUT2D eigenvalue weighted by Gasteiger charge is 2.46. The number of hydrogen-bond donors (Lipinski definition) is 0. The van der Waals surface area contributed by atoms with Gasteiger partial charge in [0.1, 0.15) is 6.61 Å². The van der Waals surface area contributed by atoms with Crippen LogP contribution < -0.4 is 0 Å². The van der Waals surface area contributed by atoms with Crippen molar-refractivity contribution in [1.82, 2.24) is 4.90 Å². The molecule has 3 rings (SSSR count). The predicted molar refractivity (Wildman–Crippen MR) is 87.7 cm³/mol. The van der Waals surface area contributed by atoms with Crippen LogP contribution in [0.3, 0.4) is 0 Å². The molecule has 126 valence electrons. The Labute approximate surface area is 141 Å². The summed E-state index contributed by atoms with van der Waals surface area (Å²) in [5.41, 5.74) is 2.06. The third-order valence-corrected chi connectivity index (χ3v) is 4.66. The van der Waals surface area contributed by atoms with Crippen molar-refractivity contribution in [3.8, 4) is 0 Å². The summed E-state index contributed by atoms with van der Waals surface area (Å²) in [5.74, 6) is -1.19. The first-order valence-electron chi connectivity index (χ1n) is 8.27. The normalized spacial score (nSPS) is 22.6. The van der Waals surface area contributed by atoms with Gasteiger partial charge in [0.05, 0.1) is 18.3 Å². The second-order valence-corrected chi connectivity index (χ2v) is 6.38. The van der Waals surface area contributed by atoms with Gasteiger partial charge in [-0.2, -0.15) is 0 Å². The molecule has 1 heterocycles. The lowest BCUT2D eigenvalue weighted by Gasteiger charge is -2.14. The Hall–Kier alpha value is -2.43. The summed E-state index contributed by atoms with van der Waals surface area (Å²) in [6.45, 7) is 2.31. The minimum Gasteiger partial charge on any atom is -0.461 e. The molecule has 2 atom stereocenters. The van der Waals surface area contributed by atoms with Gasteiger partial charge in [-0.3, -0.25) is 19.3 Å². The minimum atomic E-state index is -0.399. The Morgan fingerprint density at radius 2 is 1.67 bits per heavy atom. The average Bonchev–Trinajstić information content (AvgIpc) is 2.84. The van der Waals surface area contributed by atoms with E-state index in [1.807, 2.05) is 43.3 Å². The van der Waals surface area contributed by atoms with E-state index in [1.165, 1.54) is 4.90 Å².